The number of amides is 3. The number of piperazine rings is 1. The van der Waals surface area contributed by atoms with Crippen LogP contribution in [0, 0.1) is 0 Å². The first-order chi connectivity index (χ1) is 18.4. The molecule has 2 aliphatic rings. The third-order valence-corrected chi connectivity index (χ3v) is 7.75. The van der Waals surface area contributed by atoms with E-state index >= 15 is 0 Å². The number of rotatable bonds is 7. The predicted octanol–water partition coefficient (Wildman–Crippen LogP) is 3.88. The number of halogens is 1. The summed E-state index contributed by atoms with van der Waals surface area (Å²) in [7, 11) is 1.77. The van der Waals surface area contributed by atoms with Crippen molar-refractivity contribution in [2.24, 2.45) is 0 Å². The summed E-state index contributed by atoms with van der Waals surface area (Å²) in [5.41, 5.74) is 3.06. The van der Waals surface area contributed by atoms with Crippen LogP contribution in [0.5, 0.6) is 0 Å². The molecule has 7 nitrogen and oxygen atoms in total. The summed E-state index contributed by atoms with van der Waals surface area (Å²) in [6, 6.07) is 26.8. The standard InChI is InChI=1S/C30H31BrN4O3/c1-32-21-29(37)34-26(18-23-8-4-2-5-9-23)30(38)33(19-24-10-6-3-7-11-24)20-27(34)35(32)28(36)17-14-22-12-15-25(31)16-13-22/h2-13,15-16,26-27H,14,17-21H2,1H3/t26?,27-/m1/s1. The van der Waals surface area contributed by atoms with E-state index in [1.165, 1.54) is 0 Å². The molecular weight excluding hydrogens is 544 g/mol. The molecule has 0 saturated carbocycles. The monoisotopic (exact) mass is 574 g/mol. The summed E-state index contributed by atoms with van der Waals surface area (Å²) in [5, 5.41) is 3.41. The highest BCUT2D eigenvalue weighted by atomic mass is 79.9. The van der Waals surface area contributed by atoms with E-state index in [1.54, 1.807) is 26.9 Å². The number of hydrogen-bond donors (Lipinski definition) is 0. The summed E-state index contributed by atoms with van der Waals surface area (Å²) in [6.45, 7) is 0.741. The van der Waals surface area contributed by atoms with Crippen molar-refractivity contribution in [1.29, 1.82) is 0 Å². The molecule has 0 spiro atoms. The maximum absolute atomic E-state index is 13.8. The Kier molecular flexibility index (Phi) is 7.90. The van der Waals surface area contributed by atoms with Gasteiger partial charge in [-0.15, -0.1) is 0 Å². The number of carbonyl (C=O) groups excluding carboxylic acids is 3. The van der Waals surface area contributed by atoms with E-state index in [0.29, 0.717) is 25.8 Å². The van der Waals surface area contributed by atoms with Crippen molar-refractivity contribution >= 4 is 33.7 Å². The lowest BCUT2D eigenvalue weighted by Gasteiger charge is -2.54. The molecule has 2 aliphatic heterocycles. The fourth-order valence-corrected chi connectivity index (χ4v) is 5.64. The van der Waals surface area contributed by atoms with E-state index in [-0.39, 0.29) is 30.8 Å². The second kappa shape index (κ2) is 11.5. The number of aryl methyl sites for hydroxylation is 1. The van der Waals surface area contributed by atoms with Crippen LogP contribution in [0.4, 0.5) is 0 Å². The van der Waals surface area contributed by atoms with E-state index in [4.69, 9.17) is 0 Å². The molecule has 3 aromatic carbocycles. The van der Waals surface area contributed by atoms with Gasteiger partial charge in [0.2, 0.25) is 17.7 Å². The molecule has 0 aliphatic carbocycles. The Morgan fingerprint density at radius 1 is 0.868 bits per heavy atom. The summed E-state index contributed by atoms with van der Waals surface area (Å²) in [4.78, 5) is 44.4. The van der Waals surface area contributed by atoms with Crippen LogP contribution >= 0.6 is 15.9 Å². The maximum Gasteiger partial charge on any atom is 0.246 e. The van der Waals surface area contributed by atoms with E-state index in [9.17, 15) is 14.4 Å². The predicted molar refractivity (Wildman–Crippen MR) is 148 cm³/mol. The molecule has 8 heteroatoms. The van der Waals surface area contributed by atoms with Gasteiger partial charge in [0.1, 0.15) is 12.2 Å². The smallest absolute Gasteiger partial charge is 0.246 e. The van der Waals surface area contributed by atoms with Gasteiger partial charge < -0.3 is 9.80 Å². The van der Waals surface area contributed by atoms with Gasteiger partial charge in [-0.1, -0.05) is 88.7 Å². The highest BCUT2D eigenvalue weighted by Crippen LogP contribution is 2.29. The molecular formula is C30H31BrN4O3. The van der Waals surface area contributed by atoms with E-state index < -0.39 is 12.2 Å². The molecule has 0 radical (unpaired) electrons. The SMILES string of the molecule is CN1CC(=O)N2C(Cc3ccccc3)C(=O)N(Cc3ccccc3)C[C@H]2N1C(=O)CCc1ccc(Br)cc1. The van der Waals surface area contributed by atoms with Crippen LogP contribution in [0.25, 0.3) is 0 Å². The van der Waals surface area contributed by atoms with Crippen LogP contribution in [-0.2, 0) is 33.8 Å². The van der Waals surface area contributed by atoms with Crippen molar-refractivity contribution < 1.29 is 14.4 Å². The van der Waals surface area contributed by atoms with Crippen LogP contribution in [0.3, 0.4) is 0 Å². The fraction of sp³-hybridized carbons (Fsp3) is 0.300. The van der Waals surface area contributed by atoms with Crippen LogP contribution in [0.15, 0.2) is 89.4 Å². The van der Waals surface area contributed by atoms with Gasteiger partial charge in [-0.3, -0.25) is 19.4 Å². The molecule has 2 atom stereocenters. The van der Waals surface area contributed by atoms with Crippen LogP contribution in [-0.4, -0.2) is 69.9 Å². The average molecular weight is 576 g/mol. The van der Waals surface area contributed by atoms with E-state index in [1.807, 2.05) is 84.9 Å². The topological polar surface area (TPSA) is 64.2 Å². The Hall–Kier alpha value is -3.49. The molecule has 0 aromatic heterocycles. The van der Waals surface area contributed by atoms with Crippen molar-refractivity contribution in [3.8, 4) is 0 Å². The average Bonchev–Trinajstić information content (AvgIpc) is 2.91. The summed E-state index contributed by atoms with van der Waals surface area (Å²) in [5.74, 6) is -0.289. The summed E-state index contributed by atoms with van der Waals surface area (Å²) >= 11 is 3.45. The normalized spacial score (nSPS) is 20.0. The number of likely N-dealkylation sites (N-methyl/N-ethyl adjacent to an activating group) is 1. The van der Waals surface area contributed by atoms with Gasteiger partial charge in [-0.25, -0.2) is 5.01 Å². The van der Waals surface area contributed by atoms with E-state index in [0.717, 1.165) is 21.2 Å². The minimum atomic E-state index is -0.678. The number of hydrogen-bond acceptors (Lipinski definition) is 4. The van der Waals surface area contributed by atoms with Gasteiger partial charge in [0.05, 0.1) is 13.1 Å². The molecule has 5 rings (SSSR count). The Labute approximate surface area is 231 Å². The third-order valence-electron chi connectivity index (χ3n) is 7.22. The lowest BCUT2D eigenvalue weighted by Crippen LogP contribution is -2.75. The van der Waals surface area contributed by atoms with Crippen LogP contribution in [0.2, 0.25) is 0 Å². The Bertz CT molecular complexity index is 1290. The third kappa shape index (κ3) is 5.66. The lowest BCUT2D eigenvalue weighted by atomic mass is 9.98. The quantitative estimate of drug-likeness (QED) is 0.429. The van der Waals surface area contributed by atoms with E-state index in [2.05, 4.69) is 15.9 Å². The zero-order chi connectivity index (χ0) is 26.6. The molecule has 0 bridgehead atoms. The van der Waals surface area contributed by atoms with Gasteiger partial charge in [0.15, 0.2) is 0 Å². The summed E-state index contributed by atoms with van der Waals surface area (Å²) in [6.07, 6.45) is 0.740. The second-order valence-electron chi connectivity index (χ2n) is 9.87. The number of nitrogens with zero attached hydrogens (tertiary/aromatic N) is 4. The number of hydrazine groups is 1. The molecule has 0 N–H and O–H groups in total. The molecule has 3 aromatic rings. The van der Waals surface area contributed by atoms with Gasteiger partial charge in [-0.05, 0) is 35.2 Å². The van der Waals surface area contributed by atoms with Crippen molar-refractivity contribution in [2.75, 3.05) is 20.1 Å². The van der Waals surface area contributed by atoms with Crippen LogP contribution in [0.1, 0.15) is 23.1 Å². The lowest BCUT2D eigenvalue weighted by molar-refractivity contribution is -0.202. The van der Waals surface area contributed by atoms with Crippen molar-refractivity contribution in [3.63, 3.8) is 0 Å². The largest absolute Gasteiger partial charge is 0.333 e. The first kappa shape index (κ1) is 26.1. The zero-order valence-corrected chi connectivity index (χ0v) is 23.0. The Balaban J connectivity index is 1.43. The van der Waals surface area contributed by atoms with Crippen LogP contribution < -0.4 is 0 Å². The minimum Gasteiger partial charge on any atom is -0.333 e. The first-order valence-electron chi connectivity index (χ1n) is 12.9. The number of carbonyl (C=O) groups is 3. The molecule has 196 valence electrons. The highest BCUT2D eigenvalue weighted by Gasteiger charge is 2.50. The second-order valence-corrected chi connectivity index (χ2v) is 10.8. The fourth-order valence-electron chi connectivity index (χ4n) is 5.37. The molecule has 38 heavy (non-hydrogen) atoms. The Morgan fingerprint density at radius 3 is 2.16 bits per heavy atom. The number of fused-ring (bicyclic) bond motifs is 1. The molecule has 2 fully saturated rings. The molecule has 2 heterocycles. The highest BCUT2D eigenvalue weighted by molar-refractivity contribution is 9.10. The number of benzene rings is 3. The molecule has 2 saturated heterocycles. The molecule has 1 unspecified atom stereocenters. The van der Waals surface area contributed by atoms with Gasteiger partial charge in [0.25, 0.3) is 0 Å². The first-order valence-corrected chi connectivity index (χ1v) is 13.7. The summed E-state index contributed by atoms with van der Waals surface area (Å²) < 4.78 is 0.993. The maximum atomic E-state index is 13.8. The van der Waals surface area contributed by atoms with Crippen molar-refractivity contribution in [1.82, 2.24) is 19.8 Å². The van der Waals surface area contributed by atoms with Gasteiger partial charge >= 0.3 is 0 Å². The van der Waals surface area contributed by atoms with Crippen molar-refractivity contribution in [2.45, 2.75) is 38.0 Å². The van der Waals surface area contributed by atoms with Gasteiger partial charge in [-0.2, -0.15) is 0 Å². The molecule has 3 amide bonds. The zero-order valence-electron chi connectivity index (χ0n) is 21.4. The van der Waals surface area contributed by atoms with Crippen molar-refractivity contribution in [3.05, 3.63) is 106 Å². The Morgan fingerprint density at radius 2 is 1.50 bits per heavy atom. The van der Waals surface area contributed by atoms with Gasteiger partial charge in [0, 0.05) is 30.9 Å². The minimum absolute atomic E-state index is 0.0534.